The number of halogens is 1. The molecule has 0 unspecified atom stereocenters. The summed E-state index contributed by atoms with van der Waals surface area (Å²) in [6.45, 7) is 0. The van der Waals surface area contributed by atoms with Crippen LogP contribution in [-0.4, -0.2) is 23.0 Å². The second kappa shape index (κ2) is 5.39. The summed E-state index contributed by atoms with van der Waals surface area (Å²) in [5.41, 5.74) is 6.27. The van der Waals surface area contributed by atoms with E-state index in [1.807, 2.05) is 0 Å². The van der Waals surface area contributed by atoms with Gasteiger partial charge in [0.15, 0.2) is 5.03 Å². The van der Waals surface area contributed by atoms with Crippen molar-refractivity contribution < 1.29 is 8.42 Å². The molecule has 3 N–H and O–H groups in total. The lowest BCUT2D eigenvalue weighted by atomic mass is 10.2. The smallest absolute Gasteiger partial charge is 0.280 e. The maximum atomic E-state index is 12.1. The highest BCUT2D eigenvalue weighted by atomic mass is 35.5. The average molecular weight is 331 g/mol. The second-order valence-corrected chi connectivity index (χ2v) is 6.52. The van der Waals surface area contributed by atoms with Crippen molar-refractivity contribution in [2.24, 2.45) is 12.8 Å². The predicted molar refractivity (Wildman–Crippen MR) is 81.4 cm³/mol. The molecule has 0 aliphatic carbocycles. The molecule has 1 aromatic heterocycles. The lowest BCUT2D eigenvalue weighted by molar-refractivity contribution is 0.598. The Balaban J connectivity index is 2.32. The average Bonchev–Trinajstić information content (AvgIpc) is 2.79. The number of aryl methyl sites for hydroxylation is 1. The first-order valence-corrected chi connectivity index (χ1v) is 7.66. The van der Waals surface area contributed by atoms with Gasteiger partial charge in [0.25, 0.3) is 10.0 Å². The number of imidazole rings is 1. The minimum Gasteiger partial charge on any atom is -0.389 e. The summed E-state index contributed by atoms with van der Waals surface area (Å²) in [5.74, 6) is 0. The molecule has 6 nitrogen and oxygen atoms in total. The van der Waals surface area contributed by atoms with E-state index >= 15 is 0 Å². The van der Waals surface area contributed by atoms with Crippen molar-refractivity contribution in [1.82, 2.24) is 9.55 Å². The summed E-state index contributed by atoms with van der Waals surface area (Å²) in [6, 6.07) is 4.59. The number of sulfonamides is 1. The zero-order chi connectivity index (χ0) is 14.9. The van der Waals surface area contributed by atoms with Crippen molar-refractivity contribution in [2.75, 3.05) is 4.72 Å². The van der Waals surface area contributed by atoms with E-state index in [4.69, 9.17) is 29.6 Å². The summed E-state index contributed by atoms with van der Waals surface area (Å²) in [5, 5.41) is 0.115. The minimum atomic E-state index is -3.78. The summed E-state index contributed by atoms with van der Waals surface area (Å²) in [6.07, 6.45) is 2.78. The Kier molecular flexibility index (Phi) is 3.98. The van der Waals surface area contributed by atoms with Gasteiger partial charge < -0.3 is 10.3 Å². The number of thiocarbonyl (C=S) groups is 1. The maximum Gasteiger partial charge on any atom is 0.280 e. The van der Waals surface area contributed by atoms with Gasteiger partial charge in [-0.15, -0.1) is 0 Å². The van der Waals surface area contributed by atoms with Crippen molar-refractivity contribution in [3.8, 4) is 0 Å². The molecule has 20 heavy (non-hydrogen) atoms. The highest BCUT2D eigenvalue weighted by Gasteiger charge is 2.18. The molecule has 0 radical (unpaired) electrons. The largest absolute Gasteiger partial charge is 0.389 e. The molecule has 1 aromatic carbocycles. The molecule has 0 fully saturated rings. The molecule has 0 bridgehead atoms. The maximum absolute atomic E-state index is 12.1. The molecule has 0 aliphatic rings. The van der Waals surface area contributed by atoms with Crippen LogP contribution in [-0.2, 0) is 17.1 Å². The molecule has 2 aromatic rings. The van der Waals surface area contributed by atoms with E-state index in [0.717, 1.165) is 0 Å². The number of nitrogens with one attached hydrogen (secondary N) is 1. The molecular weight excluding hydrogens is 320 g/mol. The van der Waals surface area contributed by atoms with Crippen LogP contribution in [0.3, 0.4) is 0 Å². The Bertz CT molecular complexity index is 770. The van der Waals surface area contributed by atoms with E-state index < -0.39 is 10.0 Å². The van der Waals surface area contributed by atoms with E-state index in [2.05, 4.69) is 9.71 Å². The van der Waals surface area contributed by atoms with Crippen LogP contribution in [0.5, 0.6) is 0 Å². The Morgan fingerprint density at radius 2 is 2.20 bits per heavy atom. The monoisotopic (exact) mass is 330 g/mol. The third-order valence-electron chi connectivity index (χ3n) is 2.45. The molecule has 106 valence electrons. The van der Waals surface area contributed by atoms with Gasteiger partial charge in [-0.05, 0) is 18.2 Å². The molecule has 2 rings (SSSR count). The van der Waals surface area contributed by atoms with Crippen LogP contribution in [0.15, 0.2) is 35.7 Å². The topological polar surface area (TPSA) is 90.0 Å². The molecule has 0 spiro atoms. The van der Waals surface area contributed by atoms with Gasteiger partial charge in [-0.1, -0.05) is 23.8 Å². The van der Waals surface area contributed by atoms with E-state index in [1.165, 1.54) is 29.2 Å². The van der Waals surface area contributed by atoms with Gasteiger partial charge in [0, 0.05) is 18.8 Å². The van der Waals surface area contributed by atoms with Crippen molar-refractivity contribution in [3.05, 3.63) is 41.3 Å². The minimum absolute atomic E-state index is 0.0884. The Morgan fingerprint density at radius 1 is 1.50 bits per heavy atom. The van der Waals surface area contributed by atoms with Gasteiger partial charge >= 0.3 is 0 Å². The van der Waals surface area contributed by atoms with Crippen LogP contribution in [0.2, 0.25) is 5.02 Å². The number of hydrogen-bond donors (Lipinski definition) is 2. The predicted octanol–water partition coefficient (Wildman–Crippen LogP) is 1.51. The van der Waals surface area contributed by atoms with Crippen LogP contribution in [0.4, 0.5) is 5.69 Å². The zero-order valence-electron chi connectivity index (χ0n) is 10.4. The number of hydrogen-bond acceptors (Lipinski definition) is 4. The lowest BCUT2D eigenvalue weighted by Gasteiger charge is -2.09. The highest BCUT2D eigenvalue weighted by Crippen LogP contribution is 2.25. The van der Waals surface area contributed by atoms with Crippen LogP contribution >= 0.6 is 23.8 Å². The van der Waals surface area contributed by atoms with Gasteiger partial charge in [-0.25, -0.2) is 4.98 Å². The van der Waals surface area contributed by atoms with Crippen molar-refractivity contribution in [1.29, 1.82) is 0 Å². The third kappa shape index (κ3) is 3.09. The number of aromatic nitrogens is 2. The highest BCUT2D eigenvalue weighted by molar-refractivity contribution is 7.92. The molecule has 0 amide bonds. The molecule has 0 atom stereocenters. The van der Waals surface area contributed by atoms with Crippen molar-refractivity contribution >= 4 is 44.5 Å². The normalized spacial score (nSPS) is 11.3. The van der Waals surface area contributed by atoms with Gasteiger partial charge in [0.1, 0.15) is 4.99 Å². The van der Waals surface area contributed by atoms with Gasteiger partial charge in [-0.2, -0.15) is 8.42 Å². The first kappa shape index (κ1) is 14.8. The summed E-state index contributed by atoms with van der Waals surface area (Å²) in [7, 11) is -2.10. The number of nitrogens with two attached hydrogens (primary N) is 1. The Hall–Kier alpha value is -1.64. The lowest BCUT2D eigenvalue weighted by Crippen LogP contribution is -2.14. The Labute approximate surface area is 126 Å². The van der Waals surface area contributed by atoms with E-state index in [0.29, 0.717) is 5.56 Å². The Morgan fingerprint density at radius 3 is 2.70 bits per heavy atom. The van der Waals surface area contributed by atoms with Crippen molar-refractivity contribution in [2.45, 2.75) is 5.03 Å². The summed E-state index contributed by atoms with van der Waals surface area (Å²) in [4.78, 5) is 3.97. The van der Waals surface area contributed by atoms with Crippen LogP contribution in [0.25, 0.3) is 0 Å². The summed E-state index contributed by atoms with van der Waals surface area (Å²) < 4.78 is 28.1. The van der Waals surface area contributed by atoms with Crippen molar-refractivity contribution in [3.63, 3.8) is 0 Å². The van der Waals surface area contributed by atoms with Gasteiger partial charge in [0.05, 0.1) is 17.0 Å². The number of anilines is 1. The van der Waals surface area contributed by atoms with E-state index in [1.54, 1.807) is 13.1 Å². The molecular formula is C11H11ClN4O2S2. The molecule has 0 saturated heterocycles. The number of rotatable bonds is 4. The molecule has 1 heterocycles. The fraction of sp³-hybridized carbons (Fsp3) is 0.0909. The molecule has 0 saturated carbocycles. The van der Waals surface area contributed by atoms with Gasteiger partial charge in [-0.3, -0.25) is 4.72 Å². The standard InChI is InChI=1S/C11H11ClN4O2S2/c1-16-5-10(14-6-16)20(17,18)15-9-3-2-7(11(13)19)4-8(9)12/h2-6,15H,1H3,(H2,13,19). The molecule has 9 heteroatoms. The zero-order valence-corrected chi connectivity index (χ0v) is 12.8. The quantitative estimate of drug-likeness (QED) is 0.829. The van der Waals surface area contributed by atoms with Crippen LogP contribution in [0, 0.1) is 0 Å². The van der Waals surface area contributed by atoms with Crippen LogP contribution < -0.4 is 10.5 Å². The third-order valence-corrected chi connectivity index (χ3v) is 4.25. The van der Waals surface area contributed by atoms with Gasteiger partial charge in [0.2, 0.25) is 0 Å². The number of nitrogens with zero attached hydrogens (tertiary/aromatic N) is 2. The number of benzene rings is 1. The summed E-state index contributed by atoms with van der Waals surface area (Å²) >= 11 is 10.8. The second-order valence-electron chi connectivity index (χ2n) is 4.04. The van der Waals surface area contributed by atoms with Crippen LogP contribution in [0.1, 0.15) is 5.56 Å². The van der Waals surface area contributed by atoms with E-state index in [9.17, 15) is 8.42 Å². The fourth-order valence-corrected chi connectivity index (χ4v) is 2.95. The first-order chi connectivity index (χ1) is 9.29. The SMILES string of the molecule is Cn1cnc(S(=O)(=O)Nc2ccc(C(N)=S)cc2Cl)c1. The first-order valence-electron chi connectivity index (χ1n) is 5.40. The fourth-order valence-electron chi connectivity index (χ4n) is 1.48. The van der Waals surface area contributed by atoms with E-state index in [-0.39, 0.29) is 20.7 Å². The molecule has 0 aliphatic heterocycles.